The number of hydrogen-bond donors (Lipinski definition) is 0. The minimum atomic E-state index is -7.16. The van der Waals surface area contributed by atoms with Crippen molar-refractivity contribution in [3.8, 4) is 0 Å². The molecule has 0 heterocycles. The zero-order valence-electron chi connectivity index (χ0n) is 10.3. The number of ketones is 1. The van der Waals surface area contributed by atoms with Crippen LogP contribution in [0.4, 0.5) is 39.5 Å². The Morgan fingerprint density at radius 2 is 1.30 bits per heavy atom. The molecule has 1 aromatic carbocycles. The van der Waals surface area contributed by atoms with Gasteiger partial charge in [0, 0.05) is 5.56 Å². The highest BCUT2D eigenvalue weighted by molar-refractivity contribution is 6.44. The first kappa shape index (κ1) is 19.9. The van der Waals surface area contributed by atoms with Crippen molar-refractivity contribution in [2.24, 2.45) is 0 Å². The van der Waals surface area contributed by atoms with Crippen molar-refractivity contribution in [2.45, 2.75) is 23.9 Å². The predicted octanol–water partition coefficient (Wildman–Crippen LogP) is 5.64. The van der Waals surface area contributed by atoms with Gasteiger partial charge in [-0.3, -0.25) is 4.79 Å². The van der Waals surface area contributed by atoms with Crippen LogP contribution >= 0.6 is 23.2 Å². The van der Waals surface area contributed by atoms with E-state index in [1.165, 1.54) is 0 Å². The molecular weight excluding hydrogens is 390 g/mol. The highest BCUT2D eigenvalue weighted by atomic mass is 35.5. The zero-order valence-corrected chi connectivity index (χ0v) is 11.8. The van der Waals surface area contributed by atoms with E-state index < -0.39 is 45.3 Å². The Balaban J connectivity index is 3.45. The van der Waals surface area contributed by atoms with Crippen LogP contribution in [0.15, 0.2) is 18.2 Å². The first-order valence-corrected chi connectivity index (χ1v) is 6.03. The Kier molecular flexibility index (Phi) is 4.95. The van der Waals surface area contributed by atoms with Gasteiger partial charge < -0.3 is 0 Å². The van der Waals surface area contributed by atoms with Gasteiger partial charge in [0.2, 0.25) is 5.78 Å². The van der Waals surface area contributed by atoms with Crippen molar-refractivity contribution < 1.29 is 44.3 Å². The fourth-order valence-corrected chi connectivity index (χ4v) is 1.75. The van der Waals surface area contributed by atoms with Crippen molar-refractivity contribution in [3.05, 3.63) is 33.8 Å². The summed E-state index contributed by atoms with van der Waals surface area (Å²) in [4.78, 5) is 11.4. The first-order valence-electron chi connectivity index (χ1n) is 5.28. The molecule has 1 aromatic rings. The summed E-state index contributed by atoms with van der Waals surface area (Å²) in [5.74, 6) is -23.6. The minimum absolute atomic E-state index is 0.423. The van der Waals surface area contributed by atoms with Gasteiger partial charge in [0.05, 0.1) is 10.0 Å². The third kappa shape index (κ3) is 2.98. The molecule has 0 fully saturated rings. The van der Waals surface area contributed by atoms with E-state index in [4.69, 9.17) is 23.2 Å². The Morgan fingerprint density at radius 1 is 0.826 bits per heavy atom. The number of benzene rings is 1. The third-order valence-corrected chi connectivity index (χ3v) is 3.44. The Labute approximate surface area is 132 Å². The second-order valence-corrected chi connectivity index (χ2v) is 4.94. The molecule has 12 heteroatoms. The fraction of sp³-hybridized carbons (Fsp3) is 0.364. The topological polar surface area (TPSA) is 17.1 Å². The van der Waals surface area contributed by atoms with Gasteiger partial charge in [0.1, 0.15) is 0 Å². The average molecular weight is 393 g/mol. The smallest absolute Gasteiger partial charge is 0.287 e. The van der Waals surface area contributed by atoms with Crippen LogP contribution in [-0.4, -0.2) is 29.7 Å². The Hall–Kier alpha value is -1.16. The Bertz CT molecular complexity index is 624. The number of carbonyl (C=O) groups is 1. The van der Waals surface area contributed by atoms with Crippen LogP contribution in [0.3, 0.4) is 0 Å². The summed E-state index contributed by atoms with van der Waals surface area (Å²) in [5, 5.41) is -1.57. The fourth-order valence-electron chi connectivity index (χ4n) is 1.37. The molecular formula is C11H3Cl2F9O. The average Bonchev–Trinajstić information content (AvgIpc) is 2.39. The molecule has 0 aliphatic heterocycles. The predicted molar refractivity (Wildman–Crippen MR) is 61.7 cm³/mol. The van der Waals surface area contributed by atoms with Crippen molar-refractivity contribution in [1.29, 1.82) is 0 Å². The molecule has 0 aliphatic carbocycles. The summed E-state index contributed by atoms with van der Waals surface area (Å²) in [5.41, 5.74) is -1.43. The van der Waals surface area contributed by atoms with Gasteiger partial charge >= 0.3 is 23.9 Å². The molecule has 23 heavy (non-hydrogen) atoms. The molecule has 1 rings (SSSR count). The number of carbonyl (C=O) groups excluding carboxylic acids is 1. The van der Waals surface area contributed by atoms with Gasteiger partial charge in [-0.25, -0.2) is 0 Å². The van der Waals surface area contributed by atoms with Gasteiger partial charge in [-0.2, -0.15) is 39.5 Å². The number of alkyl halides is 9. The van der Waals surface area contributed by atoms with E-state index in [1.807, 2.05) is 0 Å². The van der Waals surface area contributed by atoms with E-state index in [0.29, 0.717) is 6.07 Å². The van der Waals surface area contributed by atoms with E-state index in [0.717, 1.165) is 12.1 Å². The highest BCUT2D eigenvalue weighted by Gasteiger charge is 2.83. The first-order chi connectivity index (χ1) is 10.1. The highest BCUT2D eigenvalue weighted by Crippen LogP contribution is 2.54. The summed E-state index contributed by atoms with van der Waals surface area (Å²) >= 11 is 10.6. The molecule has 0 N–H and O–H groups in total. The molecule has 0 bridgehead atoms. The molecule has 130 valence electrons. The molecule has 0 unspecified atom stereocenters. The maximum absolute atomic E-state index is 13.4. The SMILES string of the molecule is O=C(c1cccc(Cl)c1Cl)C(F)(F)C(F)(F)C(F)(F)C(F)(F)F. The van der Waals surface area contributed by atoms with Crippen LogP contribution in [0.2, 0.25) is 10.0 Å². The van der Waals surface area contributed by atoms with Crippen LogP contribution in [-0.2, 0) is 0 Å². The molecule has 0 aromatic heterocycles. The number of halogens is 11. The maximum atomic E-state index is 13.4. The maximum Gasteiger partial charge on any atom is 0.460 e. The van der Waals surface area contributed by atoms with Gasteiger partial charge in [-0.1, -0.05) is 29.3 Å². The summed E-state index contributed by atoms with van der Waals surface area (Å²) < 4.78 is 114. The Morgan fingerprint density at radius 3 is 1.74 bits per heavy atom. The minimum Gasteiger partial charge on any atom is -0.287 e. The molecule has 0 atom stereocenters. The van der Waals surface area contributed by atoms with Crippen LogP contribution in [0, 0.1) is 0 Å². The lowest BCUT2D eigenvalue weighted by Gasteiger charge is -2.32. The van der Waals surface area contributed by atoms with E-state index in [2.05, 4.69) is 0 Å². The van der Waals surface area contributed by atoms with Gasteiger partial charge in [0.15, 0.2) is 0 Å². The zero-order chi connectivity index (χ0) is 18.4. The van der Waals surface area contributed by atoms with Crippen molar-refractivity contribution in [2.75, 3.05) is 0 Å². The molecule has 0 saturated heterocycles. The van der Waals surface area contributed by atoms with Gasteiger partial charge in [0.25, 0.3) is 0 Å². The molecule has 0 amide bonds. The number of rotatable bonds is 4. The van der Waals surface area contributed by atoms with Crippen molar-refractivity contribution in [3.63, 3.8) is 0 Å². The van der Waals surface area contributed by atoms with E-state index in [1.54, 1.807) is 0 Å². The largest absolute Gasteiger partial charge is 0.460 e. The third-order valence-electron chi connectivity index (χ3n) is 2.63. The molecule has 1 nitrogen and oxygen atoms in total. The quantitative estimate of drug-likeness (QED) is 0.478. The summed E-state index contributed by atoms with van der Waals surface area (Å²) in [6.07, 6.45) is -7.02. The van der Waals surface area contributed by atoms with Crippen LogP contribution in [0.1, 0.15) is 10.4 Å². The van der Waals surface area contributed by atoms with E-state index in [-0.39, 0.29) is 0 Å². The standard InChI is InChI=1S/C11H3Cl2F9O/c12-5-3-1-2-4(6(5)13)7(23)8(14,15)9(16,17)10(18,19)11(20,21)22/h1-3H. The van der Waals surface area contributed by atoms with Gasteiger partial charge in [-0.15, -0.1) is 0 Å². The summed E-state index contributed by atoms with van der Waals surface area (Å²) in [6, 6.07) is 2.16. The molecule has 0 aliphatic rings. The lowest BCUT2D eigenvalue weighted by atomic mass is 9.95. The summed E-state index contributed by atoms with van der Waals surface area (Å²) in [7, 11) is 0. The van der Waals surface area contributed by atoms with Crippen LogP contribution in [0.25, 0.3) is 0 Å². The lowest BCUT2D eigenvalue weighted by Crippen LogP contribution is -2.63. The van der Waals surface area contributed by atoms with Crippen LogP contribution < -0.4 is 0 Å². The number of hydrogen-bond acceptors (Lipinski definition) is 1. The lowest BCUT2D eigenvalue weighted by molar-refractivity contribution is -0.386. The van der Waals surface area contributed by atoms with Crippen LogP contribution in [0.5, 0.6) is 0 Å². The van der Waals surface area contributed by atoms with Crippen molar-refractivity contribution >= 4 is 29.0 Å². The number of Topliss-reactive ketones (excluding diaryl/α,β-unsaturated/α-hetero) is 1. The second kappa shape index (κ2) is 5.73. The summed E-state index contributed by atoms with van der Waals surface area (Å²) in [6.45, 7) is 0. The second-order valence-electron chi connectivity index (χ2n) is 4.15. The normalized spacial score (nSPS) is 14.0. The van der Waals surface area contributed by atoms with E-state index in [9.17, 15) is 44.3 Å². The molecule has 0 spiro atoms. The van der Waals surface area contributed by atoms with Crippen molar-refractivity contribution in [1.82, 2.24) is 0 Å². The van der Waals surface area contributed by atoms with Gasteiger partial charge in [-0.05, 0) is 12.1 Å². The molecule has 0 radical (unpaired) electrons. The monoisotopic (exact) mass is 392 g/mol. The van der Waals surface area contributed by atoms with E-state index >= 15 is 0 Å². The molecule has 0 saturated carbocycles.